The van der Waals surface area contributed by atoms with Gasteiger partial charge in [0.2, 0.25) is 0 Å². The van der Waals surface area contributed by atoms with Crippen LogP contribution in [0.2, 0.25) is 0 Å². The number of aryl methyl sites for hydroxylation is 2. The minimum Gasteiger partial charge on any atom is -0.0618 e. The second-order valence-electron chi connectivity index (χ2n) is 5.20. The van der Waals surface area contributed by atoms with Crippen molar-refractivity contribution >= 4 is 24.0 Å². The maximum atomic E-state index is 3.42. The molecule has 0 N–H and O–H groups in total. The monoisotopic (exact) mass is 273 g/mol. The summed E-state index contributed by atoms with van der Waals surface area (Å²) in [5, 5.41) is 4.21. The Hall–Kier alpha value is -1.99. The highest BCUT2D eigenvalue weighted by molar-refractivity contribution is 6.94. The molecule has 1 aliphatic carbocycles. The molecule has 3 rings (SSSR count). The molecule has 20 heavy (non-hydrogen) atoms. The molecule has 1 heteroatoms. The van der Waals surface area contributed by atoms with Gasteiger partial charge in [-0.1, -0.05) is 77.9 Å². The van der Waals surface area contributed by atoms with E-state index in [-0.39, 0.29) is 0 Å². The van der Waals surface area contributed by atoms with Crippen molar-refractivity contribution in [2.45, 2.75) is 13.8 Å². The van der Waals surface area contributed by atoms with Gasteiger partial charge in [-0.2, -0.15) is 0 Å². The summed E-state index contributed by atoms with van der Waals surface area (Å²) in [6, 6.07) is 17.8. The van der Waals surface area contributed by atoms with Crippen LogP contribution in [0.15, 0.2) is 66.8 Å². The number of rotatable bonds is 2. The largest absolute Gasteiger partial charge is 0.0884 e. The van der Waals surface area contributed by atoms with Gasteiger partial charge in [0, 0.05) is 0 Å². The Labute approximate surface area is 122 Å². The minimum atomic E-state index is -0.934. The average molecular weight is 273 g/mol. The molecule has 1 aliphatic rings. The summed E-state index contributed by atoms with van der Waals surface area (Å²) < 4.78 is 0. The first-order valence-electron chi connectivity index (χ1n) is 6.89. The number of benzene rings is 2. The van der Waals surface area contributed by atoms with E-state index in [0.717, 1.165) is 0 Å². The molecule has 0 unspecified atom stereocenters. The highest BCUT2D eigenvalue weighted by Crippen LogP contribution is 2.01. The minimum absolute atomic E-state index is 0.934. The molecule has 0 atom stereocenters. The van der Waals surface area contributed by atoms with Gasteiger partial charge in [-0.3, -0.25) is 0 Å². The van der Waals surface area contributed by atoms with Gasteiger partial charge in [0.05, 0.1) is 8.41 Å². The summed E-state index contributed by atoms with van der Waals surface area (Å²) in [5.41, 5.74) is 2.65. The lowest BCUT2D eigenvalue weighted by atomic mass is 10.2. The molecule has 0 nitrogen and oxygen atoms in total. The molecule has 0 saturated carbocycles. The third-order valence-electron chi connectivity index (χ3n) is 3.48. The fourth-order valence-corrected chi connectivity index (χ4v) is 5.28. The lowest BCUT2D eigenvalue weighted by molar-refractivity contribution is 1.49. The molecule has 0 spiro atoms. The Bertz CT molecular complexity index is 671. The van der Waals surface area contributed by atoms with Crippen LogP contribution in [-0.2, 0) is 0 Å². The summed E-state index contributed by atoms with van der Waals surface area (Å²) in [6.07, 6.45) is 9.73. The second kappa shape index (κ2) is 5.56. The Morgan fingerprint density at radius 3 is 1.90 bits per heavy atom. The van der Waals surface area contributed by atoms with Crippen molar-refractivity contribution in [2.75, 3.05) is 0 Å². The first kappa shape index (κ1) is 13.0. The molecule has 0 fully saturated rings. The van der Waals surface area contributed by atoms with Gasteiger partial charge in [0.1, 0.15) is 0 Å². The van der Waals surface area contributed by atoms with E-state index in [1.54, 1.807) is 0 Å². The van der Waals surface area contributed by atoms with Crippen LogP contribution in [0.1, 0.15) is 11.1 Å². The molecular weight excluding hydrogens is 256 g/mol. The maximum absolute atomic E-state index is 3.42. The third-order valence-corrected chi connectivity index (χ3v) is 6.11. The fourth-order valence-electron chi connectivity index (χ4n) is 2.56. The highest BCUT2D eigenvalue weighted by Gasteiger charge is 2.12. The van der Waals surface area contributed by atoms with E-state index in [1.807, 2.05) is 6.08 Å². The quantitative estimate of drug-likeness (QED) is 0.738. The lowest BCUT2D eigenvalue weighted by Crippen LogP contribution is -2.39. The summed E-state index contributed by atoms with van der Waals surface area (Å²) in [7, 11) is -0.934. The van der Waals surface area contributed by atoms with E-state index in [9.17, 15) is 0 Å². The van der Waals surface area contributed by atoms with E-state index in [1.165, 1.54) is 26.7 Å². The predicted molar refractivity (Wildman–Crippen MR) is 89.3 cm³/mol. The molecule has 0 bridgehead atoms. The second-order valence-corrected chi connectivity index (χ2v) is 7.64. The number of hydrogen-bond donors (Lipinski definition) is 0. The van der Waals surface area contributed by atoms with Crippen LogP contribution >= 0.6 is 0 Å². The highest BCUT2D eigenvalue weighted by atomic mass is 28.2. The van der Waals surface area contributed by atoms with Crippen LogP contribution in [0.4, 0.5) is 0 Å². The molecule has 0 aromatic heterocycles. The summed E-state index contributed by atoms with van der Waals surface area (Å²) in [5.74, 6) is 0. The maximum Gasteiger partial charge on any atom is 0.0884 e. The van der Waals surface area contributed by atoms with Gasteiger partial charge in [0.15, 0.2) is 0 Å². The van der Waals surface area contributed by atoms with Crippen molar-refractivity contribution in [1.82, 2.24) is 0 Å². The molecular formula is C19H17Si. The van der Waals surface area contributed by atoms with Crippen molar-refractivity contribution < 1.29 is 0 Å². The SMILES string of the molecule is Cc1cccc([Si](=C2[C]=CC=C2)c2cccc(C)c2)c1. The Kier molecular flexibility index (Phi) is 3.61. The van der Waals surface area contributed by atoms with Crippen LogP contribution in [0.3, 0.4) is 0 Å². The lowest BCUT2D eigenvalue weighted by Gasteiger charge is -2.11. The normalized spacial score (nSPS) is 13.0. The predicted octanol–water partition coefficient (Wildman–Crippen LogP) is 2.60. The van der Waals surface area contributed by atoms with Crippen molar-refractivity contribution in [1.29, 1.82) is 0 Å². The van der Waals surface area contributed by atoms with E-state index in [2.05, 4.69) is 80.6 Å². The van der Waals surface area contributed by atoms with Gasteiger partial charge in [0.25, 0.3) is 0 Å². The van der Waals surface area contributed by atoms with E-state index >= 15 is 0 Å². The molecule has 0 amide bonds. The van der Waals surface area contributed by atoms with Crippen LogP contribution in [-0.4, -0.2) is 13.6 Å². The summed E-state index contributed by atoms with van der Waals surface area (Å²) in [4.78, 5) is 0. The third kappa shape index (κ3) is 2.63. The molecule has 2 aromatic carbocycles. The standard InChI is InChI=1S/C19H17Si/c1-15-7-5-11-18(13-15)20(17-9-3-4-10-17)19-12-6-8-16(2)14-19/h3-9,11-14H,1-2H3. The van der Waals surface area contributed by atoms with Crippen LogP contribution < -0.4 is 10.4 Å². The number of hydrogen-bond acceptors (Lipinski definition) is 0. The zero-order valence-corrected chi connectivity index (χ0v) is 12.9. The van der Waals surface area contributed by atoms with Crippen molar-refractivity contribution in [3.05, 3.63) is 84.0 Å². The smallest absolute Gasteiger partial charge is 0.0618 e. The van der Waals surface area contributed by atoms with E-state index in [0.29, 0.717) is 0 Å². The van der Waals surface area contributed by atoms with Crippen molar-refractivity contribution in [3.8, 4) is 0 Å². The Morgan fingerprint density at radius 2 is 1.45 bits per heavy atom. The molecule has 0 saturated heterocycles. The summed E-state index contributed by atoms with van der Waals surface area (Å²) in [6.45, 7) is 4.32. The first-order chi connectivity index (χ1) is 9.74. The Balaban J connectivity index is 2.23. The fraction of sp³-hybridized carbons (Fsp3) is 0.105. The van der Waals surface area contributed by atoms with Crippen molar-refractivity contribution in [3.63, 3.8) is 0 Å². The summed E-state index contributed by atoms with van der Waals surface area (Å²) >= 11 is 0. The Morgan fingerprint density at radius 1 is 0.850 bits per heavy atom. The molecule has 97 valence electrons. The number of allylic oxidation sites excluding steroid dienone is 4. The molecule has 0 heterocycles. The van der Waals surface area contributed by atoms with Gasteiger partial charge in [-0.25, -0.2) is 0 Å². The van der Waals surface area contributed by atoms with Gasteiger partial charge in [-0.15, -0.1) is 0 Å². The van der Waals surface area contributed by atoms with Crippen LogP contribution in [0.25, 0.3) is 0 Å². The average Bonchev–Trinajstić information content (AvgIpc) is 2.93. The van der Waals surface area contributed by atoms with Crippen molar-refractivity contribution in [2.24, 2.45) is 0 Å². The van der Waals surface area contributed by atoms with Gasteiger partial charge in [-0.05, 0) is 35.5 Å². The first-order valence-corrected chi connectivity index (χ1v) is 8.39. The zero-order valence-electron chi connectivity index (χ0n) is 11.9. The van der Waals surface area contributed by atoms with Crippen LogP contribution in [0.5, 0.6) is 0 Å². The molecule has 0 aliphatic heterocycles. The molecule has 2 aromatic rings. The molecule has 1 radical (unpaired) electrons. The topological polar surface area (TPSA) is 0 Å². The van der Waals surface area contributed by atoms with Crippen LogP contribution in [0, 0.1) is 19.9 Å². The van der Waals surface area contributed by atoms with Gasteiger partial charge < -0.3 is 0 Å². The van der Waals surface area contributed by atoms with Gasteiger partial charge >= 0.3 is 0 Å². The van der Waals surface area contributed by atoms with E-state index in [4.69, 9.17) is 0 Å². The van der Waals surface area contributed by atoms with E-state index < -0.39 is 8.41 Å². The zero-order chi connectivity index (χ0) is 13.9.